The van der Waals surface area contributed by atoms with Crippen LogP contribution in [0.15, 0.2) is 42.5 Å². The SMILES string of the molecule is CC(C)OC(=O)Nc1ccc(-c2c(-c3nnn[nH]3)c3ccc(OC4CCOCC4)cc3n2C2CCC2)cc1. The number of nitrogens with zero attached hydrogens (tertiary/aromatic N) is 4. The summed E-state index contributed by atoms with van der Waals surface area (Å²) in [5.74, 6) is 1.48. The van der Waals surface area contributed by atoms with Crippen molar-refractivity contribution >= 4 is 22.7 Å². The lowest BCUT2D eigenvalue weighted by molar-refractivity contribution is 0.0256. The lowest BCUT2D eigenvalue weighted by Crippen LogP contribution is -2.25. The van der Waals surface area contributed by atoms with E-state index < -0.39 is 6.09 Å². The van der Waals surface area contributed by atoms with Gasteiger partial charge >= 0.3 is 6.09 Å². The second-order valence-corrected chi connectivity index (χ2v) is 10.2. The van der Waals surface area contributed by atoms with Crippen molar-refractivity contribution in [2.75, 3.05) is 18.5 Å². The molecule has 0 bridgehead atoms. The molecule has 2 aromatic carbocycles. The van der Waals surface area contributed by atoms with Crippen LogP contribution < -0.4 is 10.1 Å². The molecule has 0 spiro atoms. The summed E-state index contributed by atoms with van der Waals surface area (Å²) in [4.78, 5) is 12.1. The van der Waals surface area contributed by atoms with Gasteiger partial charge in [-0.25, -0.2) is 9.89 Å². The van der Waals surface area contributed by atoms with E-state index in [4.69, 9.17) is 14.2 Å². The molecule has 1 amide bonds. The maximum atomic E-state index is 12.1. The van der Waals surface area contributed by atoms with Crippen LogP contribution in [-0.4, -0.2) is 56.7 Å². The number of hydrogen-bond donors (Lipinski definition) is 2. The van der Waals surface area contributed by atoms with Gasteiger partial charge in [-0.1, -0.05) is 12.1 Å². The van der Waals surface area contributed by atoms with Gasteiger partial charge in [0, 0.05) is 36.0 Å². The van der Waals surface area contributed by atoms with E-state index in [0.29, 0.717) is 17.6 Å². The van der Waals surface area contributed by atoms with Crippen LogP contribution in [-0.2, 0) is 9.47 Å². The maximum absolute atomic E-state index is 12.1. The zero-order valence-corrected chi connectivity index (χ0v) is 21.6. The molecule has 0 radical (unpaired) electrons. The number of carbonyl (C=O) groups excluding carboxylic acids is 1. The standard InChI is InChI=1S/C28H32N6O4/c1-17(2)37-28(35)29-19-8-6-18(7-9-19)26-25(27-30-32-33-31-27)23-11-10-22(38-21-12-14-36-15-13-21)16-24(23)34(26)20-4-3-5-20/h6-11,16-17,20-21H,3-5,12-15H2,1-2H3,(H,29,35)(H,30,31,32,33). The summed E-state index contributed by atoms with van der Waals surface area (Å²) in [6.07, 6.45) is 4.70. The molecule has 38 heavy (non-hydrogen) atoms. The van der Waals surface area contributed by atoms with Crippen LogP contribution in [0.4, 0.5) is 10.5 Å². The molecule has 1 saturated carbocycles. The lowest BCUT2D eigenvalue weighted by atomic mass is 9.92. The Bertz CT molecular complexity index is 1400. The molecule has 1 saturated heterocycles. The molecular formula is C28H32N6O4. The summed E-state index contributed by atoms with van der Waals surface area (Å²) in [7, 11) is 0. The molecule has 2 aromatic heterocycles. The Balaban J connectivity index is 1.44. The zero-order chi connectivity index (χ0) is 26.1. The Morgan fingerprint density at radius 1 is 1.11 bits per heavy atom. The van der Waals surface area contributed by atoms with E-state index in [-0.39, 0.29) is 12.2 Å². The molecule has 1 aliphatic carbocycles. The van der Waals surface area contributed by atoms with Gasteiger partial charge in [-0.3, -0.25) is 5.32 Å². The molecule has 6 rings (SSSR count). The highest BCUT2D eigenvalue weighted by molar-refractivity contribution is 6.03. The van der Waals surface area contributed by atoms with E-state index in [1.807, 2.05) is 44.2 Å². The molecule has 3 heterocycles. The Hall–Kier alpha value is -3.92. The fourth-order valence-electron chi connectivity index (χ4n) is 5.24. The Morgan fingerprint density at radius 2 is 1.89 bits per heavy atom. The first-order chi connectivity index (χ1) is 18.6. The van der Waals surface area contributed by atoms with E-state index in [2.05, 4.69) is 42.6 Å². The highest BCUT2D eigenvalue weighted by Gasteiger charge is 2.30. The first-order valence-corrected chi connectivity index (χ1v) is 13.3. The van der Waals surface area contributed by atoms with Crippen LogP contribution in [0.2, 0.25) is 0 Å². The van der Waals surface area contributed by atoms with Crippen LogP contribution in [0.25, 0.3) is 33.5 Å². The average molecular weight is 517 g/mol. The molecule has 10 nitrogen and oxygen atoms in total. The second-order valence-electron chi connectivity index (χ2n) is 10.2. The third kappa shape index (κ3) is 4.83. The number of rotatable bonds is 7. The summed E-state index contributed by atoms with van der Waals surface area (Å²) in [6.45, 7) is 5.11. The van der Waals surface area contributed by atoms with Crippen LogP contribution in [0.5, 0.6) is 5.75 Å². The summed E-state index contributed by atoms with van der Waals surface area (Å²) in [5, 5.41) is 18.9. The Morgan fingerprint density at radius 3 is 2.55 bits per heavy atom. The van der Waals surface area contributed by atoms with Crippen molar-refractivity contribution in [3.05, 3.63) is 42.5 Å². The molecule has 198 valence electrons. The predicted octanol–water partition coefficient (Wildman–Crippen LogP) is 5.73. The minimum Gasteiger partial charge on any atom is -0.490 e. The highest BCUT2D eigenvalue weighted by Crippen LogP contribution is 2.46. The number of aromatic amines is 1. The number of tetrazole rings is 1. The molecular weight excluding hydrogens is 484 g/mol. The van der Waals surface area contributed by atoms with Crippen molar-refractivity contribution in [2.24, 2.45) is 0 Å². The predicted molar refractivity (Wildman–Crippen MR) is 143 cm³/mol. The maximum Gasteiger partial charge on any atom is 0.411 e. The van der Waals surface area contributed by atoms with E-state index >= 15 is 0 Å². The van der Waals surface area contributed by atoms with Crippen molar-refractivity contribution in [2.45, 2.75) is 64.2 Å². The van der Waals surface area contributed by atoms with Crippen molar-refractivity contribution in [1.29, 1.82) is 0 Å². The van der Waals surface area contributed by atoms with E-state index in [1.165, 1.54) is 6.42 Å². The number of nitrogens with one attached hydrogen (secondary N) is 2. The van der Waals surface area contributed by atoms with Gasteiger partial charge in [-0.05, 0) is 73.4 Å². The van der Waals surface area contributed by atoms with Gasteiger partial charge in [0.05, 0.1) is 36.1 Å². The fraction of sp³-hybridized carbons (Fsp3) is 0.429. The monoisotopic (exact) mass is 516 g/mol. The summed E-state index contributed by atoms with van der Waals surface area (Å²) in [6, 6.07) is 14.5. The minimum atomic E-state index is -0.471. The molecule has 10 heteroatoms. The molecule has 0 atom stereocenters. The number of anilines is 1. The molecule has 2 N–H and O–H groups in total. The Labute approximate surface area is 220 Å². The fourth-order valence-corrected chi connectivity index (χ4v) is 5.24. The van der Waals surface area contributed by atoms with Gasteiger partial charge in [0.25, 0.3) is 0 Å². The number of ether oxygens (including phenoxy) is 3. The molecule has 0 unspecified atom stereocenters. The molecule has 2 fully saturated rings. The topological polar surface area (TPSA) is 116 Å². The van der Waals surface area contributed by atoms with Crippen LogP contribution >= 0.6 is 0 Å². The number of amides is 1. The quantitative estimate of drug-likeness (QED) is 0.322. The van der Waals surface area contributed by atoms with Crippen molar-refractivity contribution in [3.63, 3.8) is 0 Å². The molecule has 1 aliphatic heterocycles. The largest absolute Gasteiger partial charge is 0.490 e. The van der Waals surface area contributed by atoms with E-state index in [9.17, 15) is 4.79 Å². The average Bonchev–Trinajstić information content (AvgIpc) is 3.50. The van der Waals surface area contributed by atoms with Crippen molar-refractivity contribution in [1.82, 2.24) is 25.2 Å². The summed E-state index contributed by atoms with van der Waals surface area (Å²) in [5.41, 5.74) is 4.77. The van der Waals surface area contributed by atoms with Crippen LogP contribution in [0.3, 0.4) is 0 Å². The van der Waals surface area contributed by atoms with E-state index in [0.717, 1.165) is 72.4 Å². The first kappa shape index (κ1) is 24.4. The highest BCUT2D eigenvalue weighted by atomic mass is 16.6. The van der Waals surface area contributed by atoms with Crippen molar-refractivity contribution in [3.8, 4) is 28.4 Å². The number of H-pyrrole nitrogens is 1. The van der Waals surface area contributed by atoms with Crippen LogP contribution in [0, 0.1) is 0 Å². The zero-order valence-electron chi connectivity index (χ0n) is 21.6. The normalized spacial score (nSPS) is 16.5. The molecule has 2 aliphatic rings. The number of hydrogen-bond acceptors (Lipinski definition) is 7. The van der Waals surface area contributed by atoms with Gasteiger partial charge in [0.15, 0.2) is 5.82 Å². The second kappa shape index (κ2) is 10.4. The van der Waals surface area contributed by atoms with Gasteiger partial charge in [0.1, 0.15) is 11.9 Å². The number of benzene rings is 2. The Kier molecular flexibility index (Phi) is 6.71. The third-order valence-electron chi connectivity index (χ3n) is 7.22. The van der Waals surface area contributed by atoms with Crippen molar-refractivity contribution < 1.29 is 19.0 Å². The van der Waals surface area contributed by atoms with E-state index in [1.54, 1.807) is 0 Å². The minimum absolute atomic E-state index is 0.160. The van der Waals surface area contributed by atoms with Gasteiger partial charge in [-0.2, -0.15) is 0 Å². The smallest absolute Gasteiger partial charge is 0.411 e. The van der Waals surface area contributed by atoms with Gasteiger partial charge in [0.2, 0.25) is 0 Å². The van der Waals surface area contributed by atoms with Crippen LogP contribution in [0.1, 0.15) is 52.0 Å². The lowest BCUT2D eigenvalue weighted by Gasteiger charge is -2.30. The summed E-state index contributed by atoms with van der Waals surface area (Å²) < 4.78 is 19.5. The first-order valence-electron chi connectivity index (χ1n) is 13.3. The third-order valence-corrected chi connectivity index (χ3v) is 7.22. The summed E-state index contributed by atoms with van der Waals surface area (Å²) >= 11 is 0. The molecule has 4 aromatic rings. The number of fused-ring (bicyclic) bond motifs is 1. The van der Waals surface area contributed by atoms with Gasteiger partial charge in [-0.15, -0.1) is 5.10 Å². The number of aromatic nitrogens is 5. The number of carbonyl (C=O) groups is 1. The van der Waals surface area contributed by atoms with Gasteiger partial charge < -0.3 is 18.8 Å².